The first-order chi connectivity index (χ1) is 21.8. The molecule has 0 N–H and O–H groups in total. The molecular formula is C41H23N3. The van der Waals surface area contributed by atoms with Gasteiger partial charge in [-0.05, 0) is 68.7 Å². The third-order valence-corrected chi connectivity index (χ3v) is 9.14. The molecule has 10 rings (SSSR count). The second-order valence-electron chi connectivity index (χ2n) is 11.7. The normalized spacial score (nSPS) is 12.1. The van der Waals surface area contributed by atoms with Crippen LogP contribution in [0.3, 0.4) is 0 Å². The van der Waals surface area contributed by atoms with Gasteiger partial charge in [0.2, 0.25) is 0 Å². The van der Waals surface area contributed by atoms with Crippen LogP contribution in [0, 0.1) is 0 Å². The van der Waals surface area contributed by atoms with E-state index in [0.717, 1.165) is 66.1 Å². The fraction of sp³-hybridized carbons (Fsp3) is 0. The van der Waals surface area contributed by atoms with Gasteiger partial charge in [0.25, 0.3) is 0 Å². The standard InChI is InChI=1S/C41H23N3/c1-2-7-34-29(4-1)22-31-23-30(16-20-36(31)42-34)35-19-14-27-10-11-28-15-21-37(44-41(28)40(27)43-35)32-17-12-26-9-8-24-5-3-6-25-13-18-33(32)39(26)38(24)25/h1-23H. The van der Waals surface area contributed by atoms with Gasteiger partial charge in [0, 0.05) is 32.7 Å². The molecule has 0 radical (unpaired) electrons. The lowest BCUT2D eigenvalue weighted by atomic mass is 9.91. The van der Waals surface area contributed by atoms with Crippen LogP contribution < -0.4 is 0 Å². The van der Waals surface area contributed by atoms with Gasteiger partial charge < -0.3 is 0 Å². The van der Waals surface area contributed by atoms with Crippen molar-refractivity contribution >= 4 is 75.9 Å². The number of hydrogen-bond donors (Lipinski definition) is 0. The van der Waals surface area contributed by atoms with Crippen LogP contribution in [0.4, 0.5) is 0 Å². The molecule has 202 valence electrons. The van der Waals surface area contributed by atoms with E-state index in [1.54, 1.807) is 0 Å². The Balaban J connectivity index is 1.17. The lowest BCUT2D eigenvalue weighted by Crippen LogP contribution is -1.92. The molecule has 7 aromatic carbocycles. The van der Waals surface area contributed by atoms with Crippen molar-refractivity contribution in [2.75, 3.05) is 0 Å². The average molecular weight is 558 g/mol. The predicted octanol–water partition coefficient (Wildman–Crippen LogP) is 10.7. The van der Waals surface area contributed by atoms with Crippen LogP contribution in [-0.2, 0) is 0 Å². The summed E-state index contributed by atoms with van der Waals surface area (Å²) in [6.07, 6.45) is 0. The van der Waals surface area contributed by atoms with Gasteiger partial charge in [-0.2, -0.15) is 0 Å². The van der Waals surface area contributed by atoms with Crippen molar-refractivity contribution in [2.45, 2.75) is 0 Å². The summed E-state index contributed by atoms with van der Waals surface area (Å²) < 4.78 is 0. The second-order valence-corrected chi connectivity index (χ2v) is 11.7. The first-order valence-electron chi connectivity index (χ1n) is 14.9. The van der Waals surface area contributed by atoms with Gasteiger partial charge in [-0.3, -0.25) is 0 Å². The maximum Gasteiger partial charge on any atom is 0.0972 e. The molecule has 0 saturated heterocycles. The van der Waals surface area contributed by atoms with Crippen molar-refractivity contribution in [3.05, 3.63) is 140 Å². The molecule has 0 bridgehead atoms. The number of para-hydroxylation sites is 1. The Kier molecular flexibility index (Phi) is 4.72. The van der Waals surface area contributed by atoms with Gasteiger partial charge in [-0.25, -0.2) is 15.0 Å². The summed E-state index contributed by atoms with van der Waals surface area (Å²) in [6.45, 7) is 0. The molecule has 0 aliphatic carbocycles. The SMILES string of the molecule is c1ccc2nc3ccc(-c4ccc5ccc6ccc(-c7ccc8ccc9cccc%10ccc7c8c9%10)nc6c5n4)cc3cc2c1. The van der Waals surface area contributed by atoms with Gasteiger partial charge in [0.15, 0.2) is 0 Å². The quantitative estimate of drug-likeness (QED) is 0.157. The van der Waals surface area contributed by atoms with E-state index in [1.165, 1.54) is 32.3 Å². The average Bonchev–Trinajstić information content (AvgIpc) is 3.09. The highest BCUT2D eigenvalue weighted by atomic mass is 14.8. The van der Waals surface area contributed by atoms with Crippen LogP contribution in [0.2, 0.25) is 0 Å². The molecule has 3 nitrogen and oxygen atoms in total. The summed E-state index contributed by atoms with van der Waals surface area (Å²) in [7, 11) is 0. The van der Waals surface area contributed by atoms with Crippen molar-refractivity contribution < 1.29 is 0 Å². The highest BCUT2D eigenvalue weighted by Crippen LogP contribution is 2.39. The first kappa shape index (κ1) is 23.6. The summed E-state index contributed by atoms with van der Waals surface area (Å²) in [6, 6.07) is 49.7. The molecule has 0 amide bonds. The number of rotatable bonds is 2. The molecule has 0 saturated carbocycles. The van der Waals surface area contributed by atoms with E-state index >= 15 is 0 Å². The number of benzene rings is 7. The maximum atomic E-state index is 5.30. The zero-order valence-corrected chi connectivity index (χ0v) is 23.6. The van der Waals surface area contributed by atoms with E-state index in [0.29, 0.717) is 0 Å². The third-order valence-electron chi connectivity index (χ3n) is 9.14. The Morgan fingerprint density at radius 2 is 0.955 bits per heavy atom. The van der Waals surface area contributed by atoms with Crippen LogP contribution in [0.15, 0.2) is 140 Å². The number of nitrogens with zero attached hydrogens (tertiary/aromatic N) is 3. The van der Waals surface area contributed by atoms with Crippen molar-refractivity contribution in [1.29, 1.82) is 0 Å². The van der Waals surface area contributed by atoms with Crippen molar-refractivity contribution in [3.63, 3.8) is 0 Å². The predicted molar refractivity (Wildman–Crippen MR) is 184 cm³/mol. The summed E-state index contributed by atoms with van der Waals surface area (Å²) in [5.74, 6) is 0. The lowest BCUT2D eigenvalue weighted by molar-refractivity contribution is 1.37. The second kappa shape index (κ2) is 8.79. The number of fused-ring (bicyclic) bond motifs is 5. The minimum absolute atomic E-state index is 0.913. The Hall–Kier alpha value is -5.93. The van der Waals surface area contributed by atoms with E-state index in [9.17, 15) is 0 Å². The molecule has 3 heterocycles. The largest absolute Gasteiger partial charge is 0.248 e. The van der Waals surface area contributed by atoms with Crippen molar-refractivity contribution in [3.8, 4) is 22.5 Å². The van der Waals surface area contributed by atoms with E-state index in [-0.39, 0.29) is 0 Å². The minimum Gasteiger partial charge on any atom is -0.248 e. The van der Waals surface area contributed by atoms with Gasteiger partial charge in [-0.1, -0.05) is 103 Å². The molecular weight excluding hydrogens is 534 g/mol. The Morgan fingerprint density at radius 3 is 1.80 bits per heavy atom. The van der Waals surface area contributed by atoms with Gasteiger partial charge >= 0.3 is 0 Å². The smallest absolute Gasteiger partial charge is 0.0972 e. The molecule has 0 atom stereocenters. The Labute approximate surface area is 252 Å². The lowest BCUT2D eigenvalue weighted by Gasteiger charge is -2.14. The van der Waals surface area contributed by atoms with Gasteiger partial charge in [-0.15, -0.1) is 0 Å². The fourth-order valence-electron chi connectivity index (χ4n) is 6.98. The minimum atomic E-state index is 0.913. The van der Waals surface area contributed by atoms with Crippen molar-refractivity contribution in [2.24, 2.45) is 0 Å². The molecule has 0 spiro atoms. The molecule has 3 heteroatoms. The van der Waals surface area contributed by atoms with Crippen LogP contribution in [0.25, 0.3) is 98.4 Å². The number of pyridine rings is 3. The molecule has 3 aromatic heterocycles. The molecule has 44 heavy (non-hydrogen) atoms. The summed E-state index contributed by atoms with van der Waals surface area (Å²) in [4.78, 5) is 15.4. The maximum absolute atomic E-state index is 5.30. The molecule has 0 aliphatic rings. The number of hydrogen-bond acceptors (Lipinski definition) is 3. The topological polar surface area (TPSA) is 38.7 Å². The third kappa shape index (κ3) is 3.41. The van der Waals surface area contributed by atoms with Crippen LogP contribution in [0.1, 0.15) is 0 Å². The Morgan fingerprint density at radius 1 is 0.341 bits per heavy atom. The monoisotopic (exact) mass is 557 g/mol. The highest BCUT2D eigenvalue weighted by molar-refractivity contribution is 6.25. The fourth-order valence-corrected chi connectivity index (χ4v) is 6.98. The summed E-state index contributed by atoms with van der Waals surface area (Å²) in [5.41, 5.74) is 7.91. The molecule has 0 aliphatic heterocycles. The van der Waals surface area contributed by atoms with E-state index in [2.05, 4.69) is 133 Å². The van der Waals surface area contributed by atoms with E-state index < -0.39 is 0 Å². The van der Waals surface area contributed by atoms with Crippen LogP contribution in [0.5, 0.6) is 0 Å². The highest BCUT2D eigenvalue weighted by Gasteiger charge is 2.14. The molecule has 0 unspecified atom stereocenters. The Bertz CT molecular complexity index is 2760. The number of aromatic nitrogens is 3. The van der Waals surface area contributed by atoms with E-state index in [4.69, 9.17) is 15.0 Å². The van der Waals surface area contributed by atoms with Crippen LogP contribution in [-0.4, -0.2) is 15.0 Å². The van der Waals surface area contributed by atoms with E-state index in [1.807, 2.05) is 6.07 Å². The van der Waals surface area contributed by atoms with Gasteiger partial charge in [0.05, 0.1) is 33.5 Å². The summed E-state index contributed by atoms with van der Waals surface area (Å²) in [5, 5.41) is 12.0. The van der Waals surface area contributed by atoms with Gasteiger partial charge in [0.1, 0.15) is 0 Å². The molecule has 10 aromatic rings. The van der Waals surface area contributed by atoms with Crippen LogP contribution >= 0.6 is 0 Å². The first-order valence-corrected chi connectivity index (χ1v) is 14.9. The zero-order valence-electron chi connectivity index (χ0n) is 23.6. The molecule has 0 fully saturated rings. The van der Waals surface area contributed by atoms with Crippen molar-refractivity contribution in [1.82, 2.24) is 15.0 Å². The zero-order chi connectivity index (χ0) is 28.8. The summed E-state index contributed by atoms with van der Waals surface area (Å²) >= 11 is 0.